The van der Waals surface area contributed by atoms with E-state index in [4.69, 9.17) is 0 Å². The number of benzene rings is 1. The zero-order chi connectivity index (χ0) is 22.2. The van der Waals surface area contributed by atoms with E-state index in [0.29, 0.717) is 50.4 Å². The summed E-state index contributed by atoms with van der Waals surface area (Å²) in [7, 11) is 0. The molecule has 166 valence electrons. The number of para-hydroxylation sites is 2. The fourth-order valence-electron chi connectivity index (χ4n) is 4.79. The predicted molar refractivity (Wildman–Crippen MR) is 112 cm³/mol. The summed E-state index contributed by atoms with van der Waals surface area (Å²) in [6.07, 6.45) is 3.84. The van der Waals surface area contributed by atoms with Crippen LogP contribution in [0.25, 0.3) is 0 Å². The first kappa shape index (κ1) is 21.1. The molecule has 0 atom stereocenters. The monoisotopic (exact) mass is 429 g/mol. The van der Waals surface area contributed by atoms with Gasteiger partial charge in [0.2, 0.25) is 5.91 Å². The van der Waals surface area contributed by atoms with Crippen molar-refractivity contribution in [1.29, 1.82) is 0 Å². The molecule has 0 aromatic heterocycles. The van der Waals surface area contributed by atoms with Gasteiger partial charge >= 0.3 is 6.03 Å². The van der Waals surface area contributed by atoms with Gasteiger partial charge in [-0.1, -0.05) is 19.1 Å². The molecule has 1 spiro atoms. The molecule has 2 aliphatic heterocycles. The van der Waals surface area contributed by atoms with Crippen molar-refractivity contribution in [2.24, 2.45) is 11.8 Å². The second-order valence-corrected chi connectivity index (χ2v) is 8.82. The van der Waals surface area contributed by atoms with Crippen molar-refractivity contribution >= 4 is 29.2 Å². The highest BCUT2D eigenvalue weighted by molar-refractivity contribution is 6.08. The van der Waals surface area contributed by atoms with Crippen molar-refractivity contribution in [2.75, 3.05) is 18.0 Å². The number of carbonyl (C=O) groups is 3. The number of anilines is 1. The SMILES string of the molecule is CC1CCC2(CC1)NC(=O)N(NC(=O)C1CCN(c3ccccc3[N+](=O)[O-])CC1)C2=O. The quantitative estimate of drug-likeness (QED) is 0.430. The van der Waals surface area contributed by atoms with Gasteiger partial charge in [-0.3, -0.25) is 25.1 Å². The normalized spacial score (nSPS) is 26.8. The van der Waals surface area contributed by atoms with Crippen LogP contribution in [0.2, 0.25) is 0 Å². The number of amides is 4. The Kier molecular flexibility index (Phi) is 5.55. The van der Waals surface area contributed by atoms with Crippen molar-refractivity contribution in [1.82, 2.24) is 15.8 Å². The summed E-state index contributed by atoms with van der Waals surface area (Å²) in [5, 5.41) is 14.9. The van der Waals surface area contributed by atoms with E-state index >= 15 is 0 Å². The third-order valence-electron chi connectivity index (χ3n) is 6.80. The summed E-state index contributed by atoms with van der Waals surface area (Å²) in [5.74, 6) is -0.603. The Bertz CT molecular complexity index is 903. The van der Waals surface area contributed by atoms with Crippen molar-refractivity contribution in [2.45, 2.75) is 51.0 Å². The second-order valence-electron chi connectivity index (χ2n) is 8.82. The Balaban J connectivity index is 1.36. The van der Waals surface area contributed by atoms with Gasteiger partial charge in [0.1, 0.15) is 11.2 Å². The van der Waals surface area contributed by atoms with E-state index < -0.39 is 16.5 Å². The van der Waals surface area contributed by atoms with E-state index in [1.54, 1.807) is 18.2 Å². The van der Waals surface area contributed by atoms with Gasteiger partial charge in [0.25, 0.3) is 11.6 Å². The molecule has 1 aromatic carbocycles. The smallest absolute Gasteiger partial charge is 0.344 e. The topological polar surface area (TPSA) is 125 Å². The molecule has 3 fully saturated rings. The van der Waals surface area contributed by atoms with Gasteiger partial charge in [-0.05, 0) is 50.5 Å². The van der Waals surface area contributed by atoms with E-state index in [2.05, 4.69) is 17.7 Å². The summed E-state index contributed by atoms with van der Waals surface area (Å²) in [4.78, 5) is 50.9. The third kappa shape index (κ3) is 3.94. The highest BCUT2D eigenvalue weighted by atomic mass is 16.6. The first-order chi connectivity index (χ1) is 14.8. The predicted octanol–water partition coefficient (Wildman–Crippen LogP) is 2.34. The Morgan fingerprint density at radius 2 is 1.81 bits per heavy atom. The first-order valence-corrected chi connectivity index (χ1v) is 10.8. The van der Waals surface area contributed by atoms with Crippen molar-refractivity contribution in [3.8, 4) is 0 Å². The molecule has 4 amide bonds. The Labute approximate surface area is 180 Å². The molecule has 2 heterocycles. The van der Waals surface area contributed by atoms with E-state index in [1.165, 1.54) is 6.07 Å². The number of piperidine rings is 1. The van der Waals surface area contributed by atoms with Gasteiger partial charge in [0.15, 0.2) is 0 Å². The minimum absolute atomic E-state index is 0.0387. The molecule has 1 saturated carbocycles. The maximum Gasteiger partial charge on any atom is 0.344 e. The van der Waals surface area contributed by atoms with Crippen molar-refractivity contribution in [3.05, 3.63) is 34.4 Å². The molecule has 10 nitrogen and oxygen atoms in total. The zero-order valence-electron chi connectivity index (χ0n) is 17.5. The zero-order valence-corrected chi connectivity index (χ0v) is 17.5. The number of carbonyl (C=O) groups excluding carboxylic acids is 3. The molecule has 1 aliphatic carbocycles. The van der Waals surface area contributed by atoms with Crippen molar-refractivity contribution < 1.29 is 19.3 Å². The van der Waals surface area contributed by atoms with Crippen LogP contribution in [0.15, 0.2) is 24.3 Å². The molecule has 2 N–H and O–H groups in total. The van der Waals surface area contributed by atoms with Crippen LogP contribution in [0, 0.1) is 22.0 Å². The van der Waals surface area contributed by atoms with Gasteiger partial charge in [0, 0.05) is 25.1 Å². The average molecular weight is 429 g/mol. The minimum Gasteiger partial charge on any atom is -0.366 e. The summed E-state index contributed by atoms with van der Waals surface area (Å²) >= 11 is 0. The van der Waals surface area contributed by atoms with Gasteiger partial charge in [-0.2, -0.15) is 5.01 Å². The number of hydrazine groups is 1. The number of rotatable bonds is 4. The number of nitro groups is 1. The Morgan fingerprint density at radius 1 is 1.16 bits per heavy atom. The minimum atomic E-state index is -0.896. The van der Waals surface area contributed by atoms with Gasteiger partial charge in [-0.15, -0.1) is 0 Å². The van der Waals surface area contributed by atoms with Crippen LogP contribution >= 0.6 is 0 Å². The van der Waals surface area contributed by atoms with Gasteiger partial charge < -0.3 is 10.2 Å². The lowest BCUT2D eigenvalue weighted by Gasteiger charge is -2.34. The van der Waals surface area contributed by atoms with Crippen molar-refractivity contribution in [3.63, 3.8) is 0 Å². The van der Waals surface area contributed by atoms with Crippen LogP contribution < -0.4 is 15.6 Å². The first-order valence-electron chi connectivity index (χ1n) is 10.8. The summed E-state index contributed by atoms with van der Waals surface area (Å²) in [6, 6.07) is 5.97. The number of nitrogens with one attached hydrogen (secondary N) is 2. The standard InChI is InChI=1S/C21H27N5O5/c1-14-6-10-21(11-7-14)19(28)25(20(29)22-21)23-18(27)15-8-12-24(13-9-15)16-4-2-3-5-17(16)26(30)31/h2-5,14-15H,6-13H2,1H3,(H,22,29)(H,23,27). The lowest BCUT2D eigenvalue weighted by atomic mass is 9.77. The lowest BCUT2D eigenvalue weighted by molar-refractivity contribution is -0.384. The molecule has 1 aromatic rings. The van der Waals surface area contributed by atoms with E-state index in [1.807, 2.05) is 4.90 Å². The number of hydrogen-bond acceptors (Lipinski definition) is 6. The molecular weight excluding hydrogens is 402 g/mol. The van der Waals surface area contributed by atoms with Crippen LogP contribution in [0.1, 0.15) is 45.4 Å². The molecule has 3 aliphatic rings. The summed E-state index contributed by atoms with van der Waals surface area (Å²) in [5.41, 5.74) is 2.20. The molecule has 2 saturated heterocycles. The van der Waals surface area contributed by atoms with E-state index in [0.717, 1.165) is 17.9 Å². The number of nitrogens with zero attached hydrogens (tertiary/aromatic N) is 3. The Hall–Kier alpha value is -3.17. The third-order valence-corrected chi connectivity index (χ3v) is 6.80. The maximum absolute atomic E-state index is 12.9. The number of hydrogen-bond donors (Lipinski definition) is 2. The molecule has 10 heteroatoms. The molecule has 0 bridgehead atoms. The van der Waals surface area contributed by atoms with Gasteiger partial charge in [-0.25, -0.2) is 4.79 Å². The molecule has 31 heavy (non-hydrogen) atoms. The summed E-state index contributed by atoms with van der Waals surface area (Å²) < 4.78 is 0. The van der Waals surface area contributed by atoms with Crippen LogP contribution in [-0.2, 0) is 9.59 Å². The molecular formula is C21H27N5O5. The second kappa shape index (κ2) is 8.16. The van der Waals surface area contributed by atoms with E-state index in [-0.39, 0.29) is 23.4 Å². The number of urea groups is 1. The van der Waals surface area contributed by atoms with Crippen LogP contribution in [0.3, 0.4) is 0 Å². The fraction of sp³-hybridized carbons (Fsp3) is 0.571. The molecule has 4 rings (SSSR count). The number of imide groups is 1. The van der Waals surface area contributed by atoms with Gasteiger partial charge in [0.05, 0.1) is 4.92 Å². The molecule has 0 radical (unpaired) electrons. The lowest BCUT2D eigenvalue weighted by Crippen LogP contribution is -2.53. The maximum atomic E-state index is 12.9. The average Bonchev–Trinajstić information content (AvgIpc) is 3.00. The van der Waals surface area contributed by atoms with Crippen LogP contribution in [-0.4, -0.2) is 46.4 Å². The van der Waals surface area contributed by atoms with Crippen LogP contribution in [0.5, 0.6) is 0 Å². The fourth-order valence-corrected chi connectivity index (χ4v) is 4.79. The largest absolute Gasteiger partial charge is 0.366 e. The van der Waals surface area contributed by atoms with E-state index in [9.17, 15) is 24.5 Å². The van der Waals surface area contributed by atoms with Crippen LogP contribution in [0.4, 0.5) is 16.2 Å². The summed E-state index contributed by atoms with van der Waals surface area (Å²) in [6.45, 7) is 3.08. The highest BCUT2D eigenvalue weighted by Crippen LogP contribution is 2.36. The molecule has 0 unspecified atom stereocenters. The number of nitro benzene ring substituents is 1. The highest BCUT2D eigenvalue weighted by Gasteiger charge is 2.53. The Morgan fingerprint density at radius 3 is 2.45 bits per heavy atom.